The van der Waals surface area contributed by atoms with Crippen molar-refractivity contribution in [2.75, 3.05) is 0 Å². The van der Waals surface area contributed by atoms with E-state index in [0.717, 1.165) is 42.9 Å². The summed E-state index contributed by atoms with van der Waals surface area (Å²) >= 11 is 1.07. The van der Waals surface area contributed by atoms with E-state index in [1.165, 1.54) is 50.0 Å². The highest BCUT2D eigenvalue weighted by Crippen LogP contribution is 2.35. The van der Waals surface area contributed by atoms with E-state index in [0.29, 0.717) is 0 Å². The quantitative estimate of drug-likeness (QED) is 0.360. The summed E-state index contributed by atoms with van der Waals surface area (Å²) in [5.74, 6) is 0.417. The molecule has 1 aliphatic carbocycles. The molecule has 1 aliphatic rings. The van der Waals surface area contributed by atoms with Gasteiger partial charge in [-0.15, -0.1) is 11.3 Å². The second-order valence-corrected chi connectivity index (χ2v) is 7.72. The number of unbranched alkanes of at least 4 members (excludes halogenated alkanes) is 4. The Morgan fingerprint density at radius 2 is 1.92 bits per heavy atom. The van der Waals surface area contributed by atoms with Gasteiger partial charge >= 0.3 is 5.97 Å². The van der Waals surface area contributed by atoms with Crippen LogP contribution >= 0.6 is 11.3 Å². The molecule has 0 bridgehead atoms. The van der Waals surface area contributed by atoms with E-state index < -0.39 is 6.43 Å². The summed E-state index contributed by atoms with van der Waals surface area (Å²) < 4.78 is 30.4. The second-order valence-electron chi connectivity index (χ2n) is 6.84. The molecule has 136 valence electrons. The fourth-order valence-corrected chi connectivity index (χ4v) is 4.16. The minimum absolute atomic E-state index is 0.0709. The number of carbonyl (C=O) groups excluding carboxylic acids is 1. The van der Waals surface area contributed by atoms with E-state index in [-0.39, 0.29) is 22.5 Å². The third-order valence-electron chi connectivity index (χ3n) is 4.94. The molecule has 0 aliphatic heterocycles. The molecule has 2 nitrogen and oxygen atoms in total. The third kappa shape index (κ3) is 6.15. The largest absolute Gasteiger partial charge is 0.415 e. The second kappa shape index (κ2) is 10.1. The standard InChI is InChI=1S/C19H28F2O2S/c1-2-3-4-5-6-7-14-8-10-15(11-9-14)19(22)23-17-12-16(13-24-17)18(20)21/h12-15,18H,2-11H2,1H3. The molecule has 0 aromatic carbocycles. The van der Waals surface area contributed by atoms with Gasteiger partial charge in [0.05, 0.1) is 5.92 Å². The van der Waals surface area contributed by atoms with Crippen LogP contribution < -0.4 is 4.74 Å². The van der Waals surface area contributed by atoms with Crippen LogP contribution in [0.2, 0.25) is 0 Å². The number of alkyl halides is 2. The van der Waals surface area contributed by atoms with Crippen LogP contribution in [0.25, 0.3) is 0 Å². The van der Waals surface area contributed by atoms with Gasteiger partial charge in [-0.1, -0.05) is 45.4 Å². The predicted octanol–water partition coefficient (Wildman–Crippen LogP) is 6.76. The van der Waals surface area contributed by atoms with E-state index in [1.807, 2.05) is 0 Å². The average Bonchev–Trinajstić information content (AvgIpc) is 3.04. The Balaban J connectivity index is 1.66. The van der Waals surface area contributed by atoms with Gasteiger partial charge in [0.1, 0.15) is 0 Å². The molecule has 1 aromatic heterocycles. The molecule has 0 spiro atoms. The van der Waals surface area contributed by atoms with Gasteiger partial charge in [-0.2, -0.15) is 0 Å². The highest BCUT2D eigenvalue weighted by Gasteiger charge is 2.28. The first-order chi connectivity index (χ1) is 11.6. The fourth-order valence-electron chi connectivity index (χ4n) is 3.40. The summed E-state index contributed by atoms with van der Waals surface area (Å²) in [6.07, 6.45) is 9.21. The van der Waals surface area contributed by atoms with Gasteiger partial charge in [0.15, 0.2) is 5.06 Å². The summed E-state index contributed by atoms with van der Waals surface area (Å²) in [4.78, 5) is 12.2. The number of hydrogen-bond donors (Lipinski definition) is 0. The lowest BCUT2D eigenvalue weighted by atomic mass is 9.80. The Morgan fingerprint density at radius 1 is 1.21 bits per heavy atom. The van der Waals surface area contributed by atoms with Crippen molar-refractivity contribution in [3.63, 3.8) is 0 Å². The Hall–Kier alpha value is -0.970. The van der Waals surface area contributed by atoms with Crippen molar-refractivity contribution >= 4 is 17.3 Å². The van der Waals surface area contributed by atoms with Gasteiger partial charge in [-0.05, 0) is 31.6 Å². The fraction of sp³-hybridized carbons (Fsp3) is 0.737. The first kappa shape index (κ1) is 19.4. The SMILES string of the molecule is CCCCCCCC1CCC(C(=O)Oc2cc(C(F)F)cs2)CC1. The van der Waals surface area contributed by atoms with Crippen LogP contribution in [0.5, 0.6) is 5.06 Å². The Morgan fingerprint density at radius 3 is 2.54 bits per heavy atom. The number of halogens is 2. The zero-order valence-corrected chi connectivity index (χ0v) is 15.3. The zero-order chi connectivity index (χ0) is 17.4. The van der Waals surface area contributed by atoms with Gasteiger partial charge in [0.2, 0.25) is 0 Å². The average molecular weight is 358 g/mol. The van der Waals surface area contributed by atoms with Crippen molar-refractivity contribution in [2.45, 2.75) is 77.6 Å². The van der Waals surface area contributed by atoms with Crippen molar-refractivity contribution in [2.24, 2.45) is 11.8 Å². The molecule has 0 saturated heterocycles. The maximum atomic E-state index is 12.6. The molecule has 1 saturated carbocycles. The molecular formula is C19H28F2O2S. The lowest BCUT2D eigenvalue weighted by Gasteiger charge is -2.27. The lowest BCUT2D eigenvalue weighted by molar-refractivity contribution is -0.140. The summed E-state index contributed by atoms with van der Waals surface area (Å²) in [7, 11) is 0. The van der Waals surface area contributed by atoms with E-state index in [1.54, 1.807) is 0 Å². The van der Waals surface area contributed by atoms with E-state index in [4.69, 9.17) is 4.74 Å². The zero-order valence-electron chi connectivity index (χ0n) is 14.4. The summed E-state index contributed by atoms with van der Waals surface area (Å²) in [5, 5.41) is 1.64. The van der Waals surface area contributed by atoms with Crippen molar-refractivity contribution in [1.29, 1.82) is 0 Å². The number of carbonyl (C=O) groups is 1. The number of thiophene rings is 1. The molecule has 0 amide bonds. The Kier molecular flexibility index (Phi) is 8.16. The predicted molar refractivity (Wildman–Crippen MR) is 93.7 cm³/mol. The molecule has 0 radical (unpaired) electrons. The number of esters is 1. The first-order valence-electron chi connectivity index (χ1n) is 9.18. The van der Waals surface area contributed by atoms with Crippen molar-refractivity contribution < 1.29 is 18.3 Å². The molecule has 5 heteroatoms. The van der Waals surface area contributed by atoms with Crippen LogP contribution in [0, 0.1) is 11.8 Å². The highest BCUT2D eigenvalue weighted by molar-refractivity contribution is 7.12. The molecular weight excluding hydrogens is 330 g/mol. The van der Waals surface area contributed by atoms with Gasteiger partial charge in [0.25, 0.3) is 6.43 Å². The van der Waals surface area contributed by atoms with Gasteiger partial charge in [-0.3, -0.25) is 4.79 Å². The van der Waals surface area contributed by atoms with Gasteiger partial charge < -0.3 is 4.74 Å². The summed E-state index contributed by atoms with van der Waals surface area (Å²) in [6.45, 7) is 2.23. The molecule has 0 atom stereocenters. The van der Waals surface area contributed by atoms with Crippen LogP contribution in [0.15, 0.2) is 11.4 Å². The molecule has 1 heterocycles. The van der Waals surface area contributed by atoms with Crippen molar-refractivity contribution in [3.05, 3.63) is 17.0 Å². The normalized spacial score (nSPS) is 21.2. The first-order valence-corrected chi connectivity index (χ1v) is 10.1. The Bertz CT molecular complexity index is 493. The topological polar surface area (TPSA) is 26.3 Å². The van der Waals surface area contributed by atoms with Crippen molar-refractivity contribution in [3.8, 4) is 5.06 Å². The Labute approximate surface area is 147 Å². The number of rotatable bonds is 9. The van der Waals surface area contributed by atoms with Gasteiger partial charge in [0, 0.05) is 17.0 Å². The monoisotopic (exact) mass is 358 g/mol. The van der Waals surface area contributed by atoms with Crippen molar-refractivity contribution in [1.82, 2.24) is 0 Å². The summed E-state index contributed by atoms with van der Waals surface area (Å²) in [5.41, 5.74) is -0.0745. The minimum atomic E-state index is -2.51. The maximum absolute atomic E-state index is 12.6. The third-order valence-corrected chi connectivity index (χ3v) is 5.77. The number of ether oxygens (including phenoxy) is 1. The molecule has 2 rings (SSSR count). The van der Waals surface area contributed by atoms with E-state index in [9.17, 15) is 13.6 Å². The van der Waals surface area contributed by atoms with Crippen LogP contribution in [-0.4, -0.2) is 5.97 Å². The molecule has 24 heavy (non-hydrogen) atoms. The highest BCUT2D eigenvalue weighted by atomic mass is 32.1. The smallest absolute Gasteiger partial charge is 0.315 e. The summed E-state index contributed by atoms with van der Waals surface area (Å²) in [6, 6.07) is 1.27. The van der Waals surface area contributed by atoms with Crippen LogP contribution in [0.3, 0.4) is 0 Å². The molecule has 0 N–H and O–H groups in total. The van der Waals surface area contributed by atoms with E-state index >= 15 is 0 Å². The number of hydrogen-bond acceptors (Lipinski definition) is 3. The minimum Gasteiger partial charge on any atom is -0.415 e. The molecule has 0 unspecified atom stereocenters. The van der Waals surface area contributed by atoms with Crippen LogP contribution in [-0.2, 0) is 4.79 Å². The van der Waals surface area contributed by atoms with E-state index in [2.05, 4.69) is 6.92 Å². The maximum Gasteiger partial charge on any atom is 0.315 e. The van der Waals surface area contributed by atoms with Gasteiger partial charge in [-0.25, -0.2) is 8.78 Å². The lowest BCUT2D eigenvalue weighted by Crippen LogP contribution is -2.25. The van der Waals surface area contributed by atoms with Crippen LogP contribution in [0.1, 0.15) is 83.1 Å². The molecule has 1 aromatic rings. The molecule has 1 fully saturated rings. The van der Waals surface area contributed by atoms with Crippen LogP contribution in [0.4, 0.5) is 8.78 Å².